The smallest absolute Gasteiger partial charge is 0.398 e. The lowest BCUT2D eigenvalue weighted by Crippen LogP contribution is -2.24. The summed E-state index contributed by atoms with van der Waals surface area (Å²) < 4.78 is 58.8. The van der Waals surface area contributed by atoms with Crippen molar-refractivity contribution in [2.24, 2.45) is 0 Å². The molecule has 1 aromatic carbocycles. The number of nitrogens with two attached hydrogens (primary N) is 1. The van der Waals surface area contributed by atoms with Gasteiger partial charge in [0.05, 0.1) is 10.6 Å². The topological polar surface area (TPSA) is 60.2 Å². The molecule has 0 aliphatic heterocycles. The molecular formula is C7H5BrF3NO2S. The molecular weight excluding hydrogens is 299 g/mol. The molecule has 0 aliphatic rings. The first-order chi connectivity index (χ1) is 6.66. The highest BCUT2D eigenvalue weighted by Crippen LogP contribution is 2.34. The average molecular weight is 304 g/mol. The van der Waals surface area contributed by atoms with Crippen LogP contribution >= 0.6 is 15.9 Å². The Morgan fingerprint density at radius 3 is 2.20 bits per heavy atom. The molecule has 0 saturated carbocycles. The first-order valence-corrected chi connectivity index (χ1v) is 5.80. The van der Waals surface area contributed by atoms with E-state index in [4.69, 9.17) is 5.73 Å². The van der Waals surface area contributed by atoms with Crippen molar-refractivity contribution in [2.75, 3.05) is 5.73 Å². The molecule has 1 rings (SSSR count). The highest BCUT2D eigenvalue weighted by Gasteiger charge is 2.47. The number of benzene rings is 1. The molecule has 0 bridgehead atoms. The van der Waals surface area contributed by atoms with E-state index in [1.165, 1.54) is 6.07 Å². The van der Waals surface area contributed by atoms with Crippen molar-refractivity contribution >= 4 is 31.5 Å². The fourth-order valence-corrected chi connectivity index (χ4v) is 2.13. The van der Waals surface area contributed by atoms with E-state index in [0.29, 0.717) is 4.47 Å². The van der Waals surface area contributed by atoms with Gasteiger partial charge in [-0.05, 0) is 18.2 Å². The van der Waals surface area contributed by atoms with E-state index in [9.17, 15) is 21.6 Å². The Bertz CT molecular complexity index is 483. The third kappa shape index (κ3) is 2.25. The maximum absolute atomic E-state index is 12.1. The van der Waals surface area contributed by atoms with Crippen LogP contribution < -0.4 is 5.73 Å². The molecule has 0 radical (unpaired) electrons. The van der Waals surface area contributed by atoms with Crippen LogP contribution in [0.15, 0.2) is 27.6 Å². The van der Waals surface area contributed by atoms with Gasteiger partial charge in [-0.15, -0.1) is 0 Å². The van der Waals surface area contributed by atoms with Crippen LogP contribution in [0.3, 0.4) is 0 Å². The Kier molecular flexibility index (Phi) is 3.01. The Labute approximate surface area is 92.1 Å². The van der Waals surface area contributed by atoms with Crippen molar-refractivity contribution in [2.45, 2.75) is 10.4 Å². The average Bonchev–Trinajstić information content (AvgIpc) is 2.00. The van der Waals surface area contributed by atoms with Gasteiger partial charge in [0.2, 0.25) is 0 Å². The molecule has 0 saturated heterocycles. The summed E-state index contributed by atoms with van der Waals surface area (Å²) in [6.07, 6.45) is 0. The lowest BCUT2D eigenvalue weighted by atomic mass is 10.3. The summed E-state index contributed by atoms with van der Waals surface area (Å²) in [5.74, 6) is 0. The van der Waals surface area contributed by atoms with Gasteiger partial charge in [-0.3, -0.25) is 0 Å². The minimum absolute atomic E-state index is 0.404. The first kappa shape index (κ1) is 12.3. The molecule has 2 N–H and O–H groups in total. The van der Waals surface area contributed by atoms with Crippen molar-refractivity contribution < 1.29 is 21.6 Å². The van der Waals surface area contributed by atoms with Crippen molar-refractivity contribution in [3.63, 3.8) is 0 Å². The zero-order valence-electron chi connectivity index (χ0n) is 7.05. The van der Waals surface area contributed by atoms with Gasteiger partial charge < -0.3 is 5.73 Å². The van der Waals surface area contributed by atoms with Gasteiger partial charge in [-0.2, -0.15) is 13.2 Å². The van der Waals surface area contributed by atoms with E-state index in [2.05, 4.69) is 15.9 Å². The van der Waals surface area contributed by atoms with Crippen LogP contribution in [-0.4, -0.2) is 13.9 Å². The number of halogens is 4. The van der Waals surface area contributed by atoms with Gasteiger partial charge in [0, 0.05) is 4.47 Å². The highest BCUT2D eigenvalue weighted by molar-refractivity contribution is 9.10. The maximum atomic E-state index is 12.1. The number of alkyl halides is 3. The van der Waals surface area contributed by atoms with Crippen LogP contribution in [-0.2, 0) is 9.84 Å². The predicted octanol–water partition coefficient (Wildman–Crippen LogP) is 2.32. The van der Waals surface area contributed by atoms with Gasteiger partial charge in [0.15, 0.2) is 0 Å². The number of sulfone groups is 1. The largest absolute Gasteiger partial charge is 0.501 e. The van der Waals surface area contributed by atoms with E-state index >= 15 is 0 Å². The number of rotatable bonds is 1. The van der Waals surface area contributed by atoms with Gasteiger partial charge in [0.25, 0.3) is 9.84 Å². The fraction of sp³-hybridized carbons (Fsp3) is 0.143. The van der Waals surface area contributed by atoms with Gasteiger partial charge >= 0.3 is 5.51 Å². The zero-order chi connectivity index (χ0) is 11.9. The standard InChI is InChI=1S/C7H5BrF3NO2S/c8-4-1-2-6(5(12)3-4)15(13,14)7(9,10)11/h1-3H,12H2. The number of hydrogen-bond acceptors (Lipinski definition) is 3. The van der Waals surface area contributed by atoms with Crippen molar-refractivity contribution in [3.8, 4) is 0 Å². The number of nitrogen functional groups attached to an aromatic ring is 1. The minimum Gasteiger partial charge on any atom is -0.398 e. The molecule has 0 aliphatic carbocycles. The molecule has 0 aromatic heterocycles. The Balaban J connectivity index is 3.42. The molecule has 0 amide bonds. The van der Waals surface area contributed by atoms with E-state index in [1.807, 2.05) is 0 Å². The monoisotopic (exact) mass is 303 g/mol. The summed E-state index contributed by atoms with van der Waals surface area (Å²) in [7, 11) is -5.37. The number of hydrogen-bond donors (Lipinski definition) is 1. The quantitative estimate of drug-likeness (QED) is 0.810. The van der Waals surface area contributed by atoms with E-state index < -0.39 is 25.9 Å². The molecule has 0 spiro atoms. The molecule has 0 fully saturated rings. The second-order valence-corrected chi connectivity index (χ2v) is 5.46. The SMILES string of the molecule is Nc1cc(Br)ccc1S(=O)(=O)C(F)(F)F. The zero-order valence-corrected chi connectivity index (χ0v) is 9.45. The van der Waals surface area contributed by atoms with Crippen LogP contribution in [0, 0.1) is 0 Å². The van der Waals surface area contributed by atoms with E-state index in [1.54, 1.807) is 0 Å². The Hall–Kier alpha value is -0.760. The Morgan fingerprint density at radius 2 is 1.80 bits per heavy atom. The third-order valence-corrected chi connectivity index (χ3v) is 3.62. The van der Waals surface area contributed by atoms with Crippen LogP contribution in [0.1, 0.15) is 0 Å². The van der Waals surface area contributed by atoms with Gasteiger partial charge in [-0.1, -0.05) is 15.9 Å². The fourth-order valence-electron chi connectivity index (χ4n) is 0.889. The van der Waals surface area contributed by atoms with E-state index in [-0.39, 0.29) is 0 Å². The van der Waals surface area contributed by atoms with Crippen LogP contribution in [0.25, 0.3) is 0 Å². The van der Waals surface area contributed by atoms with Gasteiger partial charge in [-0.25, -0.2) is 8.42 Å². The molecule has 0 unspecified atom stereocenters. The normalized spacial score (nSPS) is 12.8. The third-order valence-electron chi connectivity index (χ3n) is 1.57. The summed E-state index contributed by atoms with van der Waals surface area (Å²) >= 11 is 2.96. The lowest BCUT2D eigenvalue weighted by molar-refractivity contribution is -0.0435. The molecule has 8 heteroatoms. The molecule has 15 heavy (non-hydrogen) atoms. The van der Waals surface area contributed by atoms with Crippen molar-refractivity contribution in [1.29, 1.82) is 0 Å². The summed E-state index contributed by atoms with van der Waals surface area (Å²) in [6, 6.07) is 3.08. The van der Waals surface area contributed by atoms with Crippen LogP contribution in [0.4, 0.5) is 18.9 Å². The van der Waals surface area contributed by atoms with E-state index in [0.717, 1.165) is 12.1 Å². The molecule has 1 aromatic rings. The van der Waals surface area contributed by atoms with Crippen LogP contribution in [0.5, 0.6) is 0 Å². The maximum Gasteiger partial charge on any atom is 0.501 e. The summed E-state index contributed by atoms with van der Waals surface area (Å²) in [5, 5.41) is 0. The summed E-state index contributed by atoms with van der Waals surface area (Å²) in [4.78, 5) is -0.932. The van der Waals surface area contributed by atoms with Crippen molar-refractivity contribution in [1.82, 2.24) is 0 Å². The second kappa shape index (κ2) is 3.67. The molecule has 0 atom stereocenters. The Morgan fingerprint density at radius 1 is 1.27 bits per heavy atom. The molecule has 3 nitrogen and oxygen atoms in total. The minimum atomic E-state index is -5.37. The predicted molar refractivity (Wildman–Crippen MR) is 51.8 cm³/mol. The van der Waals surface area contributed by atoms with Crippen LogP contribution in [0.2, 0.25) is 0 Å². The first-order valence-electron chi connectivity index (χ1n) is 3.52. The second-order valence-electron chi connectivity index (χ2n) is 2.63. The summed E-state index contributed by atoms with van der Waals surface area (Å²) in [6.45, 7) is 0. The molecule has 84 valence electrons. The summed E-state index contributed by atoms with van der Waals surface area (Å²) in [5.41, 5.74) is -0.586. The molecule has 0 heterocycles. The van der Waals surface area contributed by atoms with Gasteiger partial charge in [0.1, 0.15) is 0 Å². The lowest BCUT2D eigenvalue weighted by Gasteiger charge is -2.10. The number of anilines is 1. The highest BCUT2D eigenvalue weighted by atomic mass is 79.9. The van der Waals surface area contributed by atoms with Crippen molar-refractivity contribution in [3.05, 3.63) is 22.7 Å².